The summed E-state index contributed by atoms with van der Waals surface area (Å²) in [5.74, 6) is 0.772. The lowest BCUT2D eigenvalue weighted by Crippen LogP contribution is -2.55. The van der Waals surface area contributed by atoms with Crippen molar-refractivity contribution in [1.29, 1.82) is 0 Å². The second-order valence-corrected chi connectivity index (χ2v) is 10.4. The zero-order valence-electron chi connectivity index (χ0n) is 22.8. The SMILES string of the molecule is COCCOc1ccc(/C=C/C(=O)O[C@@H]2CCC3(CO3)C(C3(C)O[C@H]3CC=C(C)C)[C@@H]2OC)cc1OC. The Balaban J connectivity index is 1.41. The third-order valence-corrected chi connectivity index (χ3v) is 7.65. The fourth-order valence-corrected chi connectivity index (χ4v) is 5.57. The first-order valence-corrected chi connectivity index (χ1v) is 12.9. The average Bonchev–Trinajstić information content (AvgIpc) is 3.80. The Kier molecular flexibility index (Phi) is 8.63. The number of rotatable bonds is 12. The van der Waals surface area contributed by atoms with Crippen molar-refractivity contribution in [3.05, 3.63) is 41.5 Å². The Labute approximate surface area is 219 Å². The predicted molar refractivity (Wildman–Crippen MR) is 139 cm³/mol. The van der Waals surface area contributed by atoms with E-state index in [0.717, 1.165) is 18.4 Å². The van der Waals surface area contributed by atoms with Crippen molar-refractivity contribution in [3.8, 4) is 11.5 Å². The van der Waals surface area contributed by atoms with E-state index in [1.165, 1.54) is 11.6 Å². The molecule has 2 saturated heterocycles. The van der Waals surface area contributed by atoms with Gasteiger partial charge in [-0.3, -0.25) is 0 Å². The Morgan fingerprint density at radius 3 is 2.59 bits per heavy atom. The molecule has 3 aliphatic rings. The number of methoxy groups -OCH3 is 3. The fourth-order valence-electron chi connectivity index (χ4n) is 5.57. The highest BCUT2D eigenvalue weighted by Gasteiger charge is 2.72. The van der Waals surface area contributed by atoms with Gasteiger partial charge in [0.15, 0.2) is 11.5 Å². The van der Waals surface area contributed by atoms with Gasteiger partial charge in [-0.2, -0.15) is 0 Å². The Bertz CT molecular complexity index is 1010. The molecule has 8 nitrogen and oxygen atoms in total. The third-order valence-electron chi connectivity index (χ3n) is 7.65. The molecule has 4 rings (SSSR count). The second kappa shape index (κ2) is 11.6. The molecule has 2 aliphatic heterocycles. The van der Waals surface area contributed by atoms with Gasteiger partial charge in [-0.05, 0) is 63.8 Å². The van der Waals surface area contributed by atoms with E-state index in [0.29, 0.717) is 37.7 Å². The van der Waals surface area contributed by atoms with Crippen LogP contribution in [-0.4, -0.2) is 76.6 Å². The highest BCUT2D eigenvalue weighted by Crippen LogP contribution is 2.59. The van der Waals surface area contributed by atoms with E-state index in [1.807, 2.05) is 18.2 Å². The molecule has 0 aromatic heterocycles. The summed E-state index contributed by atoms with van der Waals surface area (Å²) in [5.41, 5.74) is 1.45. The van der Waals surface area contributed by atoms with E-state index >= 15 is 0 Å². The lowest BCUT2D eigenvalue weighted by Gasteiger charge is -2.42. The van der Waals surface area contributed by atoms with Crippen molar-refractivity contribution < 1.29 is 38.0 Å². The number of benzene rings is 1. The van der Waals surface area contributed by atoms with Crippen LogP contribution in [0.4, 0.5) is 0 Å². The normalized spacial score (nSPS) is 32.3. The number of ether oxygens (including phenoxy) is 7. The first-order valence-electron chi connectivity index (χ1n) is 12.9. The van der Waals surface area contributed by atoms with Crippen molar-refractivity contribution in [2.45, 2.75) is 69.5 Å². The van der Waals surface area contributed by atoms with Gasteiger partial charge in [0, 0.05) is 20.3 Å². The standard InChI is InChI=1S/C29H40O8/c1-19(2)7-11-24-28(3,37-24)27-26(33-6)22(13-14-29(27)18-35-29)36-25(30)12-9-20-8-10-21(23(17-20)32-5)34-16-15-31-4/h7-10,12,17,22,24,26-27H,11,13-16,18H2,1-6H3/b12-9+/t22-,24+,26-,27?,28?,29?/m1/s1. The molecule has 1 saturated carbocycles. The molecule has 0 radical (unpaired) electrons. The van der Waals surface area contributed by atoms with Crippen LogP contribution in [-0.2, 0) is 28.5 Å². The molecular formula is C29H40O8. The van der Waals surface area contributed by atoms with Crippen molar-refractivity contribution in [2.75, 3.05) is 41.2 Å². The van der Waals surface area contributed by atoms with Crippen LogP contribution in [0.1, 0.15) is 45.6 Å². The van der Waals surface area contributed by atoms with Gasteiger partial charge in [-0.15, -0.1) is 0 Å². The van der Waals surface area contributed by atoms with E-state index < -0.39 is 5.97 Å². The molecule has 8 heteroatoms. The smallest absolute Gasteiger partial charge is 0.331 e. The van der Waals surface area contributed by atoms with Crippen LogP contribution in [0.5, 0.6) is 11.5 Å². The van der Waals surface area contributed by atoms with Crippen LogP contribution in [0, 0.1) is 5.92 Å². The van der Waals surface area contributed by atoms with Crippen LogP contribution in [0.15, 0.2) is 35.9 Å². The molecule has 1 spiro atoms. The van der Waals surface area contributed by atoms with Gasteiger partial charge in [0.05, 0.1) is 32.3 Å². The molecule has 0 amide bonds. The van der Waals surface area contributed by atoms with Crippen molar-refractivity contribution >= 4 is 12.0 Å². The van der Waals surface area contributed by atoms with E-state index in [9.17, 15) is 4.79 Å². The van der Waals surface area contributed by atoms with Crippen LogP contribution < -0.4 is 9.47 Å². The van der Waals surface area contributed by atoms with Crippen LogP contribution in [0.25, 0.3) is 6.08 Å². The molecule has 37 heavy (non-hydrogen) atoms. The maximum Gasteiger partial charge on any atom is 0.331 e. The number of epoxide rings is 2. The molecule has 0 N–H and O–H groups in total. The Morgan fingerprint density at radius 2 is 1.95 bits per heavy atom. The molecule has 3 unspecified atom stereocenters. The minimum atomic E-state index is -0.416. The molecule has 1 aromatic rings. The first-order chi connectivity index (χ1) is 17.8. The molecule has 1 aromatic carbocycles. The van der Waals surface area contributed by atoms with E-state index in [2.05, 4.69) is 26.8 Å². The van der Waals surface area contributed by atoms with Gasteiger partial charge in [0.1, 0.15) is 30.0 Å². The average molecular weight is 517 g/mol. The summed E-state index contributed by atoms with van der Waals surface area (Å²) >= 11 is 0. The molecule has 1 aliphatic carbocycles. The number of hydrogen-bond acceptors (Lipinski definition) is 8. The summed E-state index contributed by atoms with van der Waals surface area (Å²) in [6.07, 6.45) is 7.13. The first kappa shape index (κ1) is 27.6. The second-order valence-electron chi connectivity index (χ2n) is 10.4. The van der Waals surface area contributed by atoms with Crippen molar-refractivity contribution in [1.82, 2.24) is 0 Å². The van der Waals surface area contributed by atoms with Crippen LogP contribution in [0.3, 0.4) is 0 Å². The van der Waals surface area contributed by atoms with Gasteiger partial charge in [0.2, 0.25) is 0 Å². The minimum Gasteiger partial charge on any atom is -0.493 e. The number of carbonyl (C=O) groups excluding carboxylic acids is 1. The van der Waals surface area contributed by atoms with Gasteiger partial charge in [0.25, 0.3) is 0 Å². The maximum absolute atomic E-state index is 12.8. The fraction of sp³-hybridized carbons (Fsp3) is 0.621. The quantitative estimate of drug-likeness (QED) is 0.133. The highest BCUT2D eigenvalue weighted by molar-refractivity contribution is 5.87. The molecule has 3 fully saturated rings. The number of hydrogen-bond donors (Lipinski definition) is 0. The summed E-state index contributed by atoms with van der Waals surface area (Å²) in [4.78, 5) is 12.8. The Morgan fingerprint density at radius 1 is 1.16 bits per heavy atom. The summed E-state index contributed by atoms with van der Waals surface area (Å²) in [5, 5.41) is 0. The van der Waals surface area contributed by atoms with E-state index in [4.69, 9.17) is 33.2 Å². The number of esters is 1. The number of allylic oxidation sites excluding steroid dienone is 1. The van der Waals surface area contributed by atoms with Crippen LogP contribution in [0.2, 0.25) is 0 Å². The van der Waals surface area contributed by atoms with Crippen molar-refractivity contribution in [2.24, 2.45) is 5.92 Å². The predicted octanol–water partition coefficient (Wildman–Crippen LogP) is 4.35. The zero-order chi connectivity index (χ0) is 26.6. The van der Waals surface area contributed by atoms with Gasteiger partial charge in [-0.25, -0.2) is 4.79 Å². The molecule has 6 atom stereocenters. The zero-order valence-corrected chi connectivity index (χ0v) is 22.8. The minimum absolute atomic E-state index is 0.00833. The van der Waals surface area contributed by atoms with E-state index in [1.54, 1.807) is 27.4 Å². The largest absolute Gasteiger partial charge is 0.493 e. The summed E-state index contributed by atoms with van der Waals surface area (Å²) in [7, 11) is 4.88. The Hall–Kier alpha value is -2.39. The third kappa shape index (κ3) is 6.20. The van der Waals surface area contributed by atoms with Gasteiger partial charge < -0.3 is 33.2 Å². The lowest BCUT2D eigenvalue weighted by atomic mass is 9.68. The lowest BCUT2D eigenvalue weighted by molar-refractivity contribution is -0.166. The van der Waals surface area contributed by atoms with Crippen LogP contribution >= 0.6 is 0 Å². The molecule has 2 heterocycles. The monoisotopic (exact) mass is 516 g/mol. The topological polar surface area (TPSA) is 88.3 Å². The summed E-state index contributed by atoms with van der Waals surface area (Å²) < 4.78 is 40.2. The maximum atomic E-state index is 12.8. The molecule has 204 valence electrons. The summed E-state index contributed by atoms with van der Waals surface area (Å²) in [6.45, 7) is 7.91. The number of carbonyl (C=O) groups is 1. The van der Waals surface area contributed by atoms with E-state index in [-0.39, 0.29) is 35.4 Å². The molecular weight excluding hydrogens is 476 g/mol. The summed E-state index contributed by atoms with van der Waals surface area (Å²) in [6, 6.07) is 5.48. The molecule has 0 bridgehead atoms. The van der Waals surface area contributed by atoms with Gasteiger partial charge >= 0.3 is 5.97 Å². The van der Waals surface area contributed by atoms with Crippen molar-refractivity contribution in [3.63, 3.8) is 0 Å². The highest BCUT2D eigenvalue weighted by atomic mass is 16.6. The van der Waals surface area contributed by atoms with Gasteiger partial charge in [-0.1, -0.05) is 17.7 Å².